The van der Waals surface area contributed by atoms with Crippen LogP contribution in [0, 0.1) is 0 Å². The molecule has 0 saturated carbocycles. The van der Waals surface area contributed by atoms with E-state index in [2.05, 4.69) is 24.2 Å². The summed E-state index contributed by atoms with van der Waals surface area (Å²) in [5.41, 5.74) is 0. The Morgan fingerprint density at radius 1 is 1.37 bits per heavy atom. The van der Waals surface area contributed by atoms with Gasteiger partial charge in [0.1, 0.15) is 6.04 Å². The van der Waals surface area contributed by atoms with E-state index in [0.29, 0.717) is 11.3 Å². The van der Waals surface area contributed by atoms with Crippen molar-refractivity contribution in [2.45, 2.75) is 63.8 Å². The van der Waals surface area contributed by atoms with Crippen molar-refractivity contribution < 1.29 is 4.79 Å². The van der Waals surface area contributed by atoms with E-state index in [1.807, 2.05) is 11.8 Å². The van der Waals surface area contributed by atoms with E-state index in [1.54, 1.807) is 11.8 Å². The van der Waals surface area contributed by atoms with Gasteiger partial charge in [-0.15, -0.1) is 0 Å². The van der Waals surface area contributed by atoms with Crippen molar-refractivity contribution in [1.29, 1.82) is 0 Å². The standard InChI is InChI=1S/C14H25N3OS/c1-10-9-11(2)19-14(15-10)16-12(3)13(18)17-7-5-4-6-8-17/h10-12H,4-9H2,1-3H3,(H,15,16). The lowest BCUT2D eigenvalue weighted by molar-refractivity contribution is -0.133. The fraction of sp³-hybridized carbons (Fsp3) is 0.857. The Hall–Kier alpha value is -0.710. The van der Waals surface area contributed by atoms with Crippen LogP contribution >= 0.6 is 11.8 Å². The third-order valence-corrected chi connectivity index (χ3v) is 4.74. The number of hydrogen-bond acceptors (Lipinski definition) is 4. The largest absolute Gasteiger partial charge is 0.353 e. The Morgan fingerprint density at radius 3 is 2.68 bits per heavy atom. The van der Waals surface area contributed by atoms with Gasteiger partial charge in [-0.05, 0) is 39.5 Å². The van der Waals surface area contributed by atoms with E-state index in [4.69, 9.17) is 0 Å². The minimum Gasteiger partial charge on any atom is -0.353 e. The maximum absolute atomic E-state index is 12.3. The van der Waals surface area contributed by atoms with Gasteiger partial charge in [0, 0.05) is 18.3 Å². The number of thioether (sulfide) groups is 1. The maximum atomic E-state index is 12.3. The van der Waals surface area contributed by atoms with Crippen molar-refractivity contribution in [3.8, 4) is 0 Å². The number of nitrogens with one attached hydrogen (secondary N) is 1. The van der Waals surface area contributed by atoms with Crippen molar-refractivity contribution >= 4 is 22.8 Å². The quantitative estimate of drug-likeness (QED) is 0.845. The van der Waals surface area contributed by atoms with Crippen LogP contribution in [0.5, 0.6) is 0 Å². The summed E-state index contributed by atoms with van der Waals surface area (Å²) >= 11 is 1.75. The molecular formula is C14H25N3OS. The van der Waals surface area contributed by atoms with Gasteiger partial charge in [0.15, 0.2) is 5.17 Å². The fourth-order valence-electron chi connectivity index (χ4n) is 2.71. The van der Waals surface area contributed by atoms with Crippen molar-refractivity contribution in [1.82, 2.24) is 10.2 Å². The molecule has 0 radical (unpaired) electrons. The lowest BCUT2D eigenvalue weighted by Crippen LogP contribution is -2.48. The fourth-order valence-corrected chi connectivity index (χ4v) is 3.95. The van der Waals surface area contributed by atoms with Crippen molar-refractivity contribution in [3.63, 3.8) is 0 Å². The predicted octanol–water partition coefficient (Wildman–Crippen LogP) is 2.25. The highest BCUT2D eigenvalue weighted by atomic mass is 32.2. The molecule has 4 nitrogen and oxygen atoms in total. The van der Waals surface area contributed by atoms with Gasteiger partial charge in [-0.2, -0.15) is 0 Å². The van der Waals surface area contributed by atoms with Gasteiger partial charge < -0.3 is 10.2 Å². The lowest BCUT2D eigenvalue weighted by atomic mass is 10.1. The second kappa shape index (κ2) is 6.64. The molecule has 2 aliphatic heterocycles. The van der Waals surface area contributed by atoms with Crippen LogP contribution in [-0.4, -0.2) is 46.4 Å². The van der Waals surface area contributed by atoms with E-state index < -0.39 is 0 Å². The summed E-state index contributed by atoms with van der Waals surface area (Å²) in [4.78, 5) is 18.9. The van der Waals surface area contributed by atoms with Gasteiger partial charge >= 0.3 is 0 Å². The van der Waals surface area contributed by atoms with Gasteiger partial charge in [0.2, 0.25) is 5.91 Å². The molecule has 1 N–H and O–H groups in total. The molecule has 3 unspecified atom stereocenters. The number of amidine groups is 1. The number of carbonyl (C=O) groups is 1. The number of carbonyl (C=O) groups excluding carboxylic acids is 1. The lowest BCUT2D eigenvalue weighted by Gasteiger charge is -2.31. The number of piperidine rings is 1. The van der Waals surface area contributed by atoms with Gasteiger partial charge in [0.25, 0.3) is 0 Å². The maximum Gasteiger partial charge on any atom is 0.244 e. The van der Waals surface area contributed by atoms with E-state index in [1.165, 1.54) is 6.42 Å². The minimum absolute atomic E-state index is 0.165. The van der Waals surface area contributed by atoms with Crippen LogP contribution in [0.25, 0.3) is 0 Å². The van der Waals surface area contributed by atoms with Gasteiger partial charge in [0.05, 0.1) is 6.04 Å². The molecule has 19 heavy (non-hydrogen) atoms. The van der Waals surface area contributed by atoms with E-state index in [-0.39, 0.29) is 11.9 Å². The zero-order valence-electron chi connectivity index (χ0n) is 12.2. The molecule has 2 aliphatic rings. The van der Waals surface area contributed by atoms with Crippen LogP contribution in [0.1, 0.15) is 46.5 Å². The highest BCUT2D eigenvalue weighted by molar-refractivity contribution is 8.14. The average Bonchev–Trinajstić information content (AvgIpc) is 2.37. The molecule has 1 amide bonds. The van der Waals surface area contributed by atoms with E-state index >= 15 is 0 Å². The minimum atomic E-state index is -0.165. The molecule has 2 heterocycles. The molecule has 5 heteroatoms. The number of likely N-dealkylation sites (tertiary alicyclic amines) is 1. The Kier molecular flexibility index (Phi) is 5.13. The molecule has 0 bridgehead atoms. The number of rotatable bonds is 2. The Bertz CT molecular complexity index is 353. The molecule has 0 aromatic carbocycles. The number of amides is 1. The zero-order chi connectivity index (χ0) is 13.8. The Labute approximate surface area is 120 Å². The summed E-state index contributed by atoms with van der Waals surface area (Å²) in [6, 6.07) is 0.192. The van der Waals surface area contributed by atoms with Crippen LogP contribution < -0.4 is 5.32 Å². The Morgan fingerprint density at radius 2 is 2.05 bits per heavy atom. The molecule has 1 fully saturated rings. The van der Waals surface area contributed by atoms with Crippen LogP contribution in [0.2, 0.25) is 0 Å². The molecule has 0 aliphatic carbocycles. The number of nitrogens with zero attached hydrogens (tertiary/aromatic N) is 2. The van der Waals surface area contributed by atoms with Crippen molar-refractivity contribution in [2.24, 2.45) is 4.99 Å². The summed E-state index contributed by atoms with van der Waals surface area (Å²) in [6.07, 6.45) is 4.65. The molecular weight excluding hydrogens is 258 g/mol. The van der Waals surface area contributed by atoms with Gasteiger partial charge in [-0.25, -0.2) is 0 Å². The van der Waals surface area contributed by atoms with Gasteiger partial charge in [-0.1, -0.05) is 18.7 Å². The predicted molar refractivity (Wildman–Crippen MR) is 81.6 cm³/mol. The third-order valence-electron chi connectivity index (χ3n) is 3.70. The van der Waals surface area contributed by atoms with Crippen LogP contribution in [0.3, 0.4) is 0 Å². The first-order valence-electron chi connectivity index (χ1n) is 7.36. The molecule has 0 aromatic rings. The highest BCUT2D eigenvalue weighted by Gasteiger charge is 2.25. The summed E-state index contributed by atoms with van der Waals surface area (Å²) in [5.74, 6) is 0.217. The number of aliphatic imine (C=N–C) groups is 1. The number of hydrogen-bond donors (Lipinski definition) is 1. The van der Waals surface area contributed by atoms with E-state index in [0.717, 1.165) is 37.5 Å². The SMILES string of the molecule is CC1CC(C)SC(NC(C)C(=O)N2CCCCC2)=N1. The van der Waals surface area contributed by atoms with E-state index in [9.17, 15) is 4.79 Å². The first kappa shape index (κ1) is 14.7. The van der Waals surface area contributed by atoms with Crippen LogP contribution in [0.4, 0.5) is 0 Å². The smallest absolute Gasteiger partial charge is 0.244 e. The first-order valence-corrected chi connectivity index (χ1v) is 8.24. The molecule has 2 rings (SSSR count). The zero-order valence-corrected chi connectivity index (χ0v) is 13.0. The molecule has 0 spiro atoms. The van der Waals surface area contributed by atoms with Crippen molar-refractivity contribution in [3.05, 3.63) is 0 Å². The summed E-state index contributed by atoms with van der Waals surface area (Å²) in [5, 5.41) is 4.81. The van der Waals surface area contributed by atoms with Crippen LogP contribution in [-0.2, 0) is 4.79 Å². The summed E-state index contributed by atoms with van der Waals surface area (Å²) in [6.45, 7) is 8.13. The second-order valence-electron chi connectivity index (χ2n) is 5.70. The molecule has 1 saturated heterocycles. The molecule has 108 valence electrons. The Balaban J connectivity index is 1.89. The average molecular weight is 283 g/mol. The second-order valence-corrected chi connectivity index (χ2v) is 7.13. The summed E-state index contributed by atoms with van der Waals surface area (Å²) in [7, 11) is 0. The monoisotopic (exact) mass is 283 g/mol. The third kappa shape index (κ3) is 4.13. The topological polar surface area (TPSA) is 44.7 Å². The van der Waals surface area contributed by atoms with Crippen molar-refractivity contribution in [2.75, 3.05) is 13.1 Å². The first-order chi connectivity index (χ1) is 9.06. The highest BCUT2D eigenvalue weighted by Crippen LogP contribution is 2.24. The van der Waals surface area contributed by atoms with Crippen LogP contribution in [0.15, 0.2) is 4.99 Å². The normalized spacial score (nSPS) is 29.6. The molecule has 0 aromatic heterocycles. The summed E-state index contributed by atoms with van der Waals surface area (Å²) < 4.78 is 0. The molecule has 3 atom stereocenters. The van der Waals surface area contributed by atoms with Gasteiger partial charge in [-0.3, -0.25) is 9.79 Å².